The lowest BCUT2D eigenvalue weighted by Gasteiger charge is -2.34. The molecule has 0 radical (unpaired) electrons. The third kappa shape index (κ3) is 3.32. The maximum Gasteiger partial charge on any atom is 0.0561 e. The van der Waals surface area contributed by atoms with E-state index >= 15 is 0 Å². The SMILES string of the molecule is C=C(C)C[C@@H](c1sccc1Cl)N1CCNCC1. The van der Waals surface area contributed by atoms with Gasteiger partial charge in [0.15, 0.2) is 0 Å². The third-order valence-electron chi connectivity index (χ3n) is 3.08. The normalized spacial score (nSPS) is 19.2. The van der Waals surface area contributed by atoms with E-state index in [9.17, 15) is 0 Å². The minimum Gasteiger partial charge on any atom is -0.314 e. The van der Waals surface area contributed by atoms with Crippen molar-refractivity contribution in [1.29, 1.82) is 0 Å². The quantitative estimate of drug-likeness (QED) is 0.845. The van der Waals surface area contributed by atoms with Crippen molar-refractivity contribution < 1.29 is 0 Å². The van der Waals surface area contributed by atoms with Gasteiger partial charge in [-0.25, -0.2) is 0 Å². The van der Waals surface area contributed by atoms with Crippen molar-refractivity contribution in [3.8, 4) is 0 Å². The fourth-order valence-electron chi connectivity index (χ4n) is 2.25. The van der Waals surface area contributed by atoms with E-state index < -0.39 is 0 Å². The number of nitrogens with one attached hydrogen (secondary N) is 1. The van der Waals surface area contributed by atoms with Crippen molar-refractivity contribution in [1.82, 2.24) is 10.2 Å². The maximum atomic E-state index is 6.28. The van der Waals surface area contributed by atoms with Crippen LogP contribution in [-0.2, 0) is 0 Å². The molecule has 1 aromatic heterocycles. The van der Waals surface area contributed by atoms with E-state index in [-0.39, 0.29) is 0 Å². The molecule has 2 nitrogen and oxygen atoms in total. The van der Waals surface area contributed by atoms with Crippen LogP contribution >= 0.6 is 22.9 Å². The van der Waals surface area contributed by atoms with Gasteiger partial charge in [0.1, 0.15) is 0 Å². The molecular weight excluding hydrogens is 252 g/mol. The summed E-state index contributed by atoms with van der Waals surface area (Å²) in [5, 5.41) is 6.37. The van der Waals surface area contributed by atoms with E-state index in [1.807, 2.05) is 6.07 Å². The van der Waals surface area contributed by atoms with Crippen molar-refractivity contribution in [3.05, 3.63) is 33.5 Å². The Morgan fingerprint density at radius 3 is 2.82 bits per heavy atom. The molecule has 1 aliphatic rings. The molecule has 94 valence electrons. The van der Waals surface area contributed by atoms with E-state index in [4.69, 9.17) is 11.6 Å². The van der Waals surface area contributed by atoms with Crippen molar-refractivity contribution >= 4 is 22.9 Å². The summed E-state index contributed by atoms with van der Waals surface area (Å²) in [6, 6.07) is 2.40. The van der Waals surface area contributed by atoms with Crippen LogP contribution in [-0.4, -0.2) is 31.1 Å². The molecule has 0 bridgehead atoms. The lowest BCUT2D eigenvalue weighted by molar-refractivity contribution is 0.175. The summed E-state index contributed by atoms with van der Waals surface area (Å²) in [4.78, 5) is 3.81. The highest BCUT2D eigenvalue weighted by Crippen LogP contribution is 2.36. The Morgan fingerprint density at radius 1 is 1.59 bits per heavy atom. The fourth-order valence-corrected chi connectivity index (χ4v) is 3.57. The van der Waals surface area contributed by atoms with E-state index in [0.29, 0.717) is 6.04 Å². The summed E-state index contributed by atoms with van der Waals surface area (Å²) < 4.78 is 0. The first-order valence-electron chi connectivity index (χ1n) is 6.00. The molecule has 0 saturated carbocycles. The van der Waals surface area contributed by atoms with Crippen molar-refractivity contribution in [2.45, 2.75) is 19.4 Å². The predicted molar refractivity (Wildman–Crippen MR) is 75.9 cm³/mol. The summed E-state index contributed by atoms with van der Waals surface area (Å²) in [6.07, 6.45) is 1.00. The minimum atomic E-state index is 0.405. The molecule has 1 saturated heterocycles. The molecule has 17 heavy (non-hydrogen) atoms. The number of rotatable bonds is 4. The molecule has 1 atom stereocenters. The summed E-state index contributed by atoms with van der Waals surface area (Å²) in [5.74, 6) is 0. The van der Waals surface area contributed by atoms with Crippen LogP contribution in [0, 0.1) is 0 Å². The summed E-state index contributed by atoms with van der Waals surface area (Å²) >= 11 is 8.03. The molecule has 1 aromatic rings. The third-order valence-corrected chi connectivity index (χ3v) is 4.54. The lowest BCUT2D eigenvalue weighted by atomic mass is 10.0. The molecule has 0 aromatic carbocycles. The van der Waals surface area contributed by atoms with Gasteiger partial charge in [-0.15, -0.1) is 17.9 Å². The Labute approximate surface area is 112 Å². The van der Waals surface area contributed by atoms with Crippen LogP contribution in [0.2, 0.25) is 5.02 Å². The number of halogens is 1. The molecule has 2 heterocycles. The first kappa shape index (κ1) is 13.1. The Morgan fingerprint density at radius 2 is 2.29 bits per heavy atom. The summed E-state index contributed by atoms with van der Waals surface area (Å²) in [7, 11) is 0. The molecule has 1 aliphatic heterocycles. The van der Waals surface area contributed by atoms with E-state index in [1.54, 1.807) is 11.3 Å². The van der Waals surface area contributed by atoms with Gasteiger partial charge in [-0.2, -0.15) is 0 Å². The lowest BCUT2D eigenvalue weighted by Crippen LogP contribution is -2.45. The fraction of sp³-hybridized carbons (Fsp3) is 0.538. The standard InChI is InChI=1S/C13H19ClN2S/c1-10(2)9-12(13-11(14)3-8-17-13)16-6-4-15-5-7-16/h3,8,12,15H,1,4-7,9H2,2H3/t12-/m0/s1. The zero-order chi connectivity index (χ0) is 12.3. The van der Waals surface area contributed by atoms with Crippen molar-refractivity contribution in [2.24, 2.45) is 0 Å². The summed E-state index contributed by atoms with van der Waals surface area (Å²) in [5.41, 5.74) is 1.22. The van der Waals surface area contributed by atoms with Crippen LogP contribution in [0.5, 0.6) is 0 Å². The van der Waals surface area contributed by atoms with Gasteiger partial charge < -0.3 is 5.32 Å². The van der Waals surface area contributed by atoms with Gasteiger partial charge in [0, 0.05) is 37.1 Å². The highest BCUT2D eigenvalue weighted by atomic mass is 35.5. The topological polar surface area (TPSA) is 15.3 Å². The average molecular weight is 271 g/mol. The van der Waals surface area contributed by atoms with Crippen LogP contribution in [0.25, 0.3) is 0 Å². The second-order valence-corrected chi connectivity index (χ2v) is 5.95. The smallest absolute Gasteiger partial charge is 0.0561 e. The zero-order valence-electron chi connectivity index (χ0n) is 10.2. The van der Waals surface area contributed by atoms with Gasteiger partial charge >= 0.3 is 0 Å². The molecule has 0 unspecified atom stereocenters. The first-order valence-corrected chi connectivity index (χ1v) is 7.26. The van der Waals surface area contributed by atoms with Crippen LogP contribution in [0.3, 0.4) is 0 Å². The second-order valence-electron chi connectivity index (χ2n) is 4.60. The molecule has 0 amide bonds. The summed E-state index contributed by atoms with van der Waals surface area (Å²) in [6.45, 7) is 10.5. The average Bonchev–Trinajstić information content (AvgIpc) is 2.73. The van der Waals surface area contributed by atoms with Crippen LogP contribution in [0.4, 0.5) is 0 Å². The molecule has 0 spiro atoms. The monoisotopic (exact) mass is 270 g/mol. The van der Waals surface area contributed by atoms with Gasteiger partial charge in [-0.3, -0.25) is 4.90 Å². The Balaban J connectivity index is 2.18. The van der Waals surface area contributed by atoms with Gasteiger partial charge in [0.05, 0.1) is 5.02 Å². The Kier molecular flexibility index (Phi) is 4.62. The van der Waals surface area contributed by atoms with Crippen LogP contribution in [0.1, 0.15) is 24.3 Å². The van der Waals surface area contributed by atoms with E-state index in [2.05, 4.69) is 29.1 Å². The van der Waals surface area contributed by atoms with Crippen LogP contribution < -0.4 is 5.32 Å². The van der Waals surface area contributed by atoms with E-state index in [0.717, 1.165) is 37.6 Å². The highest BCUT2D eigenvalue weighted by molar-refractivity contribution is 7.10. The van der Waals surface area contributed by atoms with Crippen molar-refractivity contribution in [3.63, 3.8) is 0 Å². The second kappa shape index (κ2) is 6.01. The van der Waals surface area contributed by atoms with Crippen LogP contribution in [0.15, 0.2) is 23.6 Å². The molecular formula is C13H19ClN2S. The van der Waals surface area contributed by atoms with Gasteiger partial charge in [0.2, 0.25) is 0 Å². The number of thiophene rings is 1. The molecule has 2 rings (SSSR count). The molecule has 0 aliphatic carbocycles. The number of nitrogens with zero attached hydrogens (tertiary/aromatic N) is 1. The molecule has 1 N–H and O–H groups in total. The van der Waals surface area contributed by atoms with E-state index in [1.165, 1.54) is 10.5 Å². The predicted octanol–water partition coefficient (Wildman–Crippen LogP) is 3.31. The number of hydrogen-bond donors (Lipinski definition) is 1. The highest BCUT2D eigenvalue weighted by Gasteiger charge is 2.24. The van der Waals surface area contributed by atoms with Crippen molar-refractivity contribution in [2.75, 3.05) is 26.2 Å². The molecule has 1 fully saturated rings. The van der Waals surface area contributed by atoms with Gasteiger partial charge in [-0.05, 0) is 24.8 Å². The largest absolute Gasteiger partial charge is 0.314 e. The van der Waals surface area contributed by atoms with Gasteiger partial charge in [-0.1, -0.05) is 17.2 Å². The minimum absolute atomic E-state index is 0.405. The number of piperazine rings is 1. The Bertz CT molecular complexity index is 383. The zero-order valence-corrected chi connectivity index (χ0v) is 11.8. The Hall–Kier alpha value is -0.350. The first-order chi connectivity index (χ1) is 8.18. The number of hydrogen-bond acceptors (Lipinski definition) is 3. The van der Waals surface area contributed by atoms with Gasteiger partial charge in [0.25, 0.3) is 0 Å². The molecule has 4 heteroatoms. The maximum absolute atomic E-state index is 6.28.